The first-order valence-electron chi connectivity index (χ1n) is 8.51. The molecule has 2 rings (SSSR count). The van der Waals surface area contributed by atoms with Crippen LogP contribution < -0.4 is 10.6 Å². The monoisotopic (exact) mass is 372 g/mol. The zero-order valence-corrected chi connectivity index (χ0v) is 15.9. The van der Waals surface area contributed by atoms with E-state index in [1.165, 1.54) is 17.3 Å². The van der Waals surface area contributed by atoms with Crippen LogP contribution in [0.3, 0.4) is 0 Å². The van der Waals surface area contributed by atoms with E-state index in [2.05, 4.69) is 17.6 Å². The Morgan fingerprint density at radius 1 is 1.08 bits per heavy atom. The first-order chi connectivity index (χ1) is 12.6. The molecule has 0 aromatic heterocycles. The van der Waals surface area contributed by atoms with Crippen molar-refractivity contribution in [1.82, 2.24) is 5.32 Å². The second-order valence-corrected chi connectivity index (χ2v) is 6.65. The van der Waals surface area contributed by atoms with Crippen LogP contribution in [0.1, 0.15) is 22.8 Å². The highest BCUT2D eigenvalue weighted by atomic mass is 32.2. The quantitative estimate of drug-likeness (QED) is 0.523. The largest absolute Gasteiger partial charge is 0.383 e. The minimum Gasteiger partial charge on any atom is -0.383 e. The van der Waals surface area contributed by atoms with Crippen LogP contribution in [0, 0.1) is 0 Å². The van der Waals surface area contributed by atoms with Crippen molar-refractivity contribution in [3.8, 4) is 0 Å². The second-order valence-electron chi connectivity index (χ2n) is 5.63. The Hall–Kier alpha value is -2.31. The van der Waals surface area contributed by atoms with Gasteiger partial charge >= 0.3 is 0 Å². The van der Waals surface area contributed by atoms with Crippen LogP contribution in [-0.2, 0) is 16.0 Å². The van der Waals surface area contributed by atoms with Crippen molar-refractivity contribution in [2.24, 2.45) is 0 Å². The molecule has 0 unspecified atom stereocenters. The Morgan fingerprint density at radius 2 is 1.81 bits per heavy atom. The van der Waals surface area contributed by atoms with E-state index in [1.807, 2.05) is 42.5 Å². The van der Waals surface area contributed by atoms with Gasteiger partial charge in [0.2, 0.25) is 5.91 Å². The number of carbonyl (C=O) groups excluding carboxylic acids is 2. The molecule has 0 aliphatic rings. The molecule has 26 heavy (non-hydrogen) atoms. The summed E-state index contributed by atoms with van der Waals surface area (Å²) >= 11 is 1.34. The van der Waals surface area contributed by atoms with E-state index in [0.29, 0.717) is 18.7 Å². The van der Waals surface area contributed by atoms with E-state index in [1.54, 1.807) is 13.2 Å². The summed E-state index contributed by atoms with van der Waals surface area (Å²) in [4.78, 5) is 25.2. The number of carbonyl (C=O) groups is 2. The van der Waals surface area contributed by atoms with Crippen molar-refractivity contribution in [2.75, 3.05) is 31.3 Å². The van der Waals surface area contributed by atoms with Gasteiger partial charge in [-0.2, -0.15) is 0 Å². The fourth-order valence-electron chi connectivity index (χ4n) is 2.29. The Bertz CT molecular complexity index is 732. The summed E-state index contributed by atoms with van der Waals surface area (Å²) in [6.45, 7) is 3.05. The number of ether oxygens (including phenoxy) is 1. The van der Waals surface area contributed by atoms with Crippen molar-refractivity contribution < 1.29 is 14.3 Å². The topological polar surface area (TPSA) is 67.4 Å². The molecular formula is C20H24N2O3S. The van der Waals surface area contributed by atoms with E-state index in [9.17, 15) is 9.59 Å². The zero-order chi connectivity index (χ0) is 18.8. The van der Waals surface area contributed by atoms with E-state index < -0.39 is 0 Å². The van der Waals surface area contributed by atoms with E-state index in [0.717, 1.165) is 17.0 Å². The number of benzene rings is 2. The lowest BCUT2D eigenvalue weighted by Gasteiger charge is -2.10. The molecule has 5 nitrogen and oxygen atoms in total. The van der Waals surface area contributed by atoms with Gasteiger partial charge in [0.05, 0.1) is 17.9 Å². The maximum Gasteiger partial charge on any atom is 0.256 e. The first kappa shape index (κ1) is 20.0. The summed E-state index contributed by atoms with van der Waals surface area (Å²) in [6.07, 6.45) is 0.958. The molecule has 0 saturated carbocycles. The standard InChI is InChI=1S/C20H24N2O3S/c1-3-15-8-10-16(11-9-15)22-20(24)17-6-4-5-7-18(17)26-14-19(23)21-12-13-25-2/h4-11H,3,12-14H2,1-2H3,(H,21,23)(H,22,24). The maximum absolute atomic E-state index is 12.6. The number of thioether (sulfide) groups is 1. The lowest BCUT2D eigenvalue weighted by molar-refractivity contribution is -0.118. The van der Waals surface area contributed by atoms with Gasteiger partial charge in [-0.05, 0) is 36.2 Å². The lowest BCUT2D eigenvalue weighted by atomic mass is 10.1. The molecule has 0 heterocycles. The number of aryl methyl sites for hydroxylation is 1. The Balaban J connectivity index is 1.98. The van der Waals surface area contributed by atoms with Crippen LogP contribution in [0.25, 0.3) is 0 Å². The number of nitrogens with one attached hydrogen (secondary N) is 2. The predicted molar refractivity (Wildman–Crippen MR) is 106 cm³/mol. The fourth-order valence-corrected chi connectivity index (χ4v) is 3.17. The van der Waals surface area contributed by atoms with Gasteiger partial charge in [-0.1, -0.05) is 31.2 Å². The molecular weight excluding hydrogens is 348 g/mol. The van der Waals surface area contributed by atoms with Gasteiger partial charge in [-0.15, -0.1) is 11.8 Å². The number of amides is 2. The summed E-state index contributed by atoms with van der Waals surface area (Å²) < 4.78 is 4.90. The summed E-state index contributed by atoms with van der Waals surface area (Å²) in [7, 11) is 1.59. The van der Waals surface area contributed by atoms with Crippen LogP contribution in [-0.4, -0.2) is 37.8 Å². The Kier molecular flexibility index (Phi) is 8.18. The number of methoxy groups -OCH3 is 1. The molecule has 0 atom stereocenters. The second kappa shape index (κ2) is 10.6. The molecule has 0 spiro atoms. The van der Waals surface area contributed by atoms with Crippen LogP contribution in [0.15, 0.2) is 53.4 Å². The fraction of sp³-hybridized carbons (Fsp3) is 0.300. The van der Waals surface area contributed by atoms with Gasteiger partial charge in [0, 0.05) is 24.2 Å². The van der Waals surface area contributed by atoms with Crippen molar-refractivity contribution in [1.29, 1.82) is 0 Å². The average Bonchev–Trinajstić information content (AvgIpc) is 2.67. The van der Waals surface area contributed by atoms with Crippen molar-refractivity contribution in [2.45, 2.75) is 18.2 Å². The van der Waals surface area contributed by atoms with Gasteiger partial charge in [0.15, 0.2) is 0 Å². The van der Waals surface area contributed by atoms with Gasteiger partial charge in [-0.25, -0.2) is 0 Å². The highest BCUT2D eigenvalue weighted by Crippen LogP contribution is 2.23. The van der Waals surface area contributed by atoms with Crippen molar-refractivity contribution >= 4 is 29.3 Å². The first-order valence-corrected chi connectivity index (χ1v) is 9.50. The van der Waals surface area contributed by atoms with Gasteiger partial charge in [0.25, 0.3) is 5.91 Å². The van der Waals surface area contributed by atoms with E-state index >= 15 is 0 Å². The number of rotatable bonds is 9. The van der Waals surface area contributed by atoms with Crippen LogP contribution in [0.2, 0.25) is 0 Å². The zero-order valence-electron chi connectivity index (χ0n) is 15.1. The van der Waals surface area contributed by atoms with Gasteiger partial charge < -0.3 is 15.4 Å². The third kappa shape index (κ3) is 6.20. The molecule has 138 valence electrons. The lowest BCUT2D eigenvalue weighted by Crippen LogP contribution is -2.28. The minimum atomic E-state index is -0.183. The third-order valence-corrected chi connectivity index (χ3v) is 4.81. The normalized spacial score (nSPS) is 10.4. The molecule has 2 amide bonds. The highest BCUT2D eigenvalue weighted by molar-refractivity contribution is 8.00. The predicted octanol–water partition coefficient (Wildman–Crippen LogP) is 3.36. The summed E-state index contributed by atoms with van der Waals surface area (Å²) in [5.41, 5.74) is 2.53. The van der Waals surface area contributed by atoms with Gasteiger partial charge in [-0.3, -0.25) is 9.59 Å². The molecule has 2 aromatic rings. The maximum atomic E-state index is 12.6. The molecule has 0 bridgehead atoms. The van der Waals surface area contributed by atoms with Crippen LogP contribution >= 0.6 is 11.8 Å². The van der Waals surface area contributed by atoms with E-state index in [-0.39, 0.29) is 17.6 Å². The smallest absolute Gasteiger partial charge is 0.256 e. The molecule has 0 saturated heterocycles. The summed E-state index contributed by atoms with van der Waals surface area (Å²) in [5, 5.41) is 5.68. The SMILES string of the molecule is CCc1ccc(NC(=O)c2ccccc2SCC(=O)NCCOC)cc1. The molecule has 0 aliphatic heterocycles. The molecule has 2 aromatic carbocycles. The minimum absolute atomic E-state index is 0.0857. The molecule has 6 heteroatoms. The Labute approximate surface area is 158 Å². The Morgan fingerprint density at radius 3 is 2.50 bits per heavy atom. The number of hydrogen-bond donors (Lipinski definition) is 2. The van der Waals surface area contributed by atoms with Gasteiger partial charge in [0.1, 0.15) is 0 Å². The number of anilines is 1. The van der Waals surface area contributed by atoms with Crippen molar-refractivity contribution in [3.63, 3.8) is 0 Å². The average molecular weight is 372 g/mol. The van der Waals surface area contributed by atoms with Crippen LogP contribution in [0.5, 0.6) is 0 Å². The molecule has 0 fully saturated rings. The summed E-state index contributed by atoms with van der Waals surface area (Å²) in [6, 6.07) is 15.1. The molecule has 0 aliphatic carbocycles. The number of hydrogen-bond acceptors (Lipinski definition) is 4. The molecule has 0 radical (unpaired) electrons. The summed E-state index contributed by atoms with van der Waals surface area (Å²) in [5.74, 6) is -0.0197. The van der Waals surface area contributed by atoms with Crippen LogP contribution in [0.4, 0.5) is 5.69 Å². The highest BCUT2D eigenvalue weighted by Gasteiger charge is 2.13. The third-order valence-electron chi connectivity index (χ3n) is 3.74. The molecule has 2 N–H and O–H groups in total. The van der Waals surface area contributed by atoms with Crippen molar-refractivity contribution in [3.05, 3.63) is 59.7 Å². The van der Waals surface area contributed by atoms with E-state index in [4.69, 9.17) is 4.74 Å².